The maximum Gasteiger partial charge on any atom is 0.409 e. The van der Waals surface area contributed by atoms with Crippen molar-refractivity contribution >= 4 is 6.09 Å². The van der Waals surface area contributed by atoms with Gasteiger partial charge in [0, 0.05) is 54.0 Å². The number of rotatable bonds is 3. The molecule has 1 amide bonds. The molecule has 4 heterocycles. The number of benzene rings is 1. The lowest BCUT2D eigenvalue weighted by Crippen LogP contribution is -2.50. The summed E-state index contributed by atoms with van der Waals surface area (Å²) in [5.41, 5.74) is 1.18. The molecule has 2 saturated heterocycles. The SMILES string of the molecule is [2H]C([2H])([2H])n1c(C2CCNC(C)(C)C2)nc2c1C1(CCN(C(=O)OCC3CC3)CC1)Oc1ccccc1-2. The van der Waals surface area contributed by atoms with E-state index in [1.54, 1.807) is 4.90 Å². The van der Waals surface area contributed by atoms with Crippen LogP contribution < -0.4 is 10.1 Å². The Bertz CT molecular complexity index is 1200. The molecule has 4 aliphatic rings. The number of nitrogens with zero attached hydrogens (tertiary/aromatic N) is 3. The van der Waals surface area contributed by atoms with Crippen LogP contribution >= 0.6 is 0 Å². The van der Waals surface area contributed by atoms with Crippen molar-refractivity contribution in [2.75, 3.05) is 26.2 Å². The van der Waals surface area contributed by atoms with E-state index >= 15 is 0 Å². The van der Waals surface area contributed by atoms with E-state index in [9.17, 15) is 4.79 Å². The highest BCUT2D eigenvalue weighted by Crippen LogP contribution is 2.50. The molecule has 1 aromatic carbocycles. The van der Waals surface area contributed by atoms with Crippen molar-refractivity contribution in [3.05, 3.63) is 35.8 Å². The largest absolute Gasteiger partial charge is 0.480 e. The number of hydrogen-bond acceptors (Lipinski definition) is 5. The van der Waals surface area contributed by atoms with Crippen LogP contribution in [-0.2, 0) is 17.3 Å². The molecular weight excluding hydrogens is 428 g/mol. The van der Waals surface area contributed by atoms with Crippen molar-refractivity contribution in [1.29, 1.82) is 0 Å². The highest BCUT2D eigenvalue weighted by Gasteiger charge is 2.48. The second kappa shape index (κ2) is 8.01. The molecule has 1 unspecified atom stereocenters. The Morgan fingerprint density at radius 1 is 1.26 bits per heavy atom. The van der Waals surface area contributed by atoms with Gasteiger partial charge >= 0.3 is 6.09 Å². The number of carbonyl (C=O) groups excluding carboxylic acids is 1. The molecule has 0 bridgehead atoms. The number of para-hydroxylation sites is 1. The number of amides is 1. The Morgan fingerprint density at radius 3 is 2.79 bits per heavy atom. The average molecular weight is 468 g/mol. The van der Waals surface area contributed by atoms with Gasteiger partial charge in [0.25, 0.3) is 0 Å². The summed E-state index contributed by atoms with van der Waals surface area (Å²) in [5.74, 6) is 1.86. The summed E-state index contributed by atoms with van der Waals surface area (Å²) >= 11 is 0. The van der Waals surface area contributed by atoms with Gasteiger partial charge in [-0.25, -0.2) is 9.78 Å². The van der Waals surface area contributed by atoms with Crippen LogP contribution in [0.1, 0.15) is 73.9 Å². The summed E-state index contributed by atoms with van der Waals surface area (Å²) in [6.45, 7) is 4.07. The van der Waals surface area contributed by atoms with Crippen LogP contribution in [0.3, 0.4) is 0 Å². The zero-order valence-corrected chi connectivity index (χ0v) is 20.1. The Hall–Kier alpha value is -2.54. The summed E-state index contributed by atoms with van der Waals surface area (Å²) in [7, 11) is 0. The maximum absolute atomic E-state index is 12.7. The monoisotopic (exact) mass is 467 g/mol. The van der Waals surface area contributed by atoms with Crippen molar-refractivity contribution in [1.82, 2.24) is 19.8 Å². The second-order valence-electron chi connectivity index (χ2n) is 11.1. The maximum atomic E-state index is 12.7. The van der Waals surface area contributed by atoms with Crippen LogP contribution in [0.25, 0.3) is 11.3 Å². The van der Waals surface area contributed by atoms with E-state index in [1.807, 2.05) is 24.3 Å². The predicted octanol–water partition coefficient (Wildman–Crippen LogP) is 4.56. The molecule has 6 rings (SSSR count). The van der Waals surface area contributed by atoms with Crippen molar-refractivity contribution < 1.29 is 18.4 Å². The number of piperidine rings is 2. The molecule has 1 aromatic heterocycles. The lowest BCUT2D eigenvalue weighted by atomic mass is 9.83. The standard InChI is InChI=1S/C27H36N4O3/c1-26(2)16-19(10-13-28-26)24-29-22-20-6-4-5-7-21(20)34-27(23(22)30(24)3)11-14-31(15-12-27)25(32)33-17-18-8-9-18/h4-7,18-19,28H,8-17H2,1-3H3/i3D3. The first-order valence-electron chi connectivity index (χ1n) is 14.2. The van der Waals surface area contributed by atoms with Crippen LogP contribution in [0.2, 0.25) is 0 Å². The number of ether oxygens (including phenoxy) is 2. The number of aromatic nitrogens is 2. The zero-order valence-electron chi connectivity index (χ0n) is 23.1. The molecule has 3 aliphatic heterocycles. The molecule has 1 saturated carbocycles. The van der Waals surface area contributed by atoms with Gasteiger partial charge in [0.2, 0.25) is 0 Å². The fourth-order valence-electron chi connectivity index (χ4n) is 5.88. The van der Waals surface area contributed by atoms with E-state index in [4.69, 9.17) is 18.6 Å². The minimum Gasteiger partial charge on any atom is -0.480 e. The van der Waals surface area contributed by atoms with Gasteiger partial charge in [0.05, 0.1) is 18.0 Å². The van der Waals surface area contributed by atoms with E-state index in [0.29, 0.717) is 61.4 Å². The molecular formula is C27H36N4O3. The molecule has 1 atom stereocenters. The molecule has 1 N–H and O–H groups in total. The van der Waals surface area contributed by atoms with Gasteiger partial charge in [-0.15, -0.1) is 0 Å². The van der Waals surface area contributed by atoms with Gasteiger partial charge in [-0.3, -0.25) is 0 Å². The van der Waals surface area contributed by atoms with Crippen molar-refractivity contribution in [3.8, 4) is 17.0 Å². The number of imidazole rings is 1. The van der Waals surface area contributed by atoms with Gasteiger partial charge in [-0.05, 0) is 64.1 Å². The quantitative estimate of drug-likeness (QED) is 0.717. The Labute approximate surface area is 206 Å². The average Bonchev–Trinajstić information content (AvgIpc) is 3.57. The van der Waals surface area contributed by atoms with E-state index in [2.05, 4.69) is 19.2 Å². The molecule has 2 aromatic rings. The first-order chi connectivity index (χ1) is 17.6. The Kier molecular flexibility index (Phi) is 4.41. The topological polar surface area (TPSA) is 68.6 Å². The predicted molar refractivity (Wildman–Crippen MR) is 130 cm³/mol. The number of nitrogens with one attached hydrogen (secondary N) is 1. The minimum atomic E-state index is -2.41. The van der Waals surface area contributed by atoms with Crippen LogP contribution in [0.15, 0.2) is 24.3 Å². The lowest BCUT2D eigenvalue weighted by Gasteiger charge is -2.44. The van der Waals surface area contributed by atoms with Crippen LogP contribution in [-0.4, -0.2) is 52.3 Å². The molecule has 7 nitrogen and oxygen atoms in total. The normalized spacial score (nSPS) is 26.5. The van der Waals surface area contributed by atoms with Crippen molar-refractivity contribution in [2.45, 2.75) is 69.4 Å². The van der Waals surface area contributed by atoms with E-state index < -0.39 is 12.6 Å². The third-order valence-electron chi connectivity index (χ3n) is 7.97. The van der Waals surface area contributed by atoms with Crippen molar-refractivity contribution in [2.24, 2.45) is 12.9 Å². The molecule has 182 valence electrons. The number of fused-ring (bicyclic) bond motifs is 4. The van der Waals surface area contributed by atoms with E-state index in [-0.39, 0.29) is 17.6 Å². The van der Waals surface area contributed by atoms with Gasteiger partial charge in [0.1, 0.15) is 11.6 Å². The number of hydrogen-bond donors (Lipinski definition) is 1. The molecule has 3 fully saturated rings. The summed E-state index contributed by atoms with van der Waals surface area (Å²) in [4.78, 5) is 19.5. The molecule has 34 heavy (non-hydrogen) atoms. The highest BCUT2D eigenvalue weighted by atomic mass is 16.6. The lowest BCUT2D eigenvalue weighted by molar-refractivity contribution is -0.0111. The second-order valence-corrected chi connectivity index (χ2v) is 11.1. The molecule has 7 heteroatoms. The Balaban J connectivity index is 1.40. The summed E-state index contributed by atoms with van der Waals surface area (Å²) in [5, 5.41) is 3.54. The number of likely N-dealkylation sites (tertiary alicyclic amines) is 1. The summed E-state index contributed by atoms with van der Waals surface area (Å²) in [6.07, 6.45) is 4.54. The van der Waals surface area contributed by atoms with Crippen LogP contribution in [0.4, 0.5) is 4.79 Å². The van der Waals surface area contributed by atoms with Gasteiger partial charge in [-0.2, -0.15) is 0 Å². The summed E-state index contributed by atoms with van der Waals surface area (Å²) < 4.78 is 39.5. The van der Waals surface area contributed by atoms with Crippen molar-refractivity contribution in [3.63, 3.8) is 0 Å². The summed E-state index contributed by atoms with van der Waals surface area (Å²) in [6, 6.07) is 7.75. The molecule has 0 radical (unpaired) electrons. The highest BCUT2D eigenvalue weighted by molar-refractivity contribution is 5.73. The Morgan fingerprint density at radius 2 is 2.06 bits per heavy atom. The fourth-order valence-corrected chi connectivity index (χ4v) is 5.88. The zero-order chi connectivity index (χ0) is 26.0. The van der Waals surface area contributed by atoms with Crippen LogP contribution in [0, 0.1) is 5.92 Å². The third-order valence-corrected chi connectivity index (χ3v) is 7.97. The molecule has 1 aliphatic carbocycles. The van der Waals surface area contributed by atoms with Gasteiger partial charge < -0.3 is 24.3 Å². The third kappa shape index (κ3) is 3.78. The van der Waals surface area contributed by atoms with Gasteiger partial charge in [-0.1, -0.05) is 12.1 Å². The fraction of sp³-hybridized carbons (Fsp3) is 0.630. The number of carbonyl (C=O) groups is 1. The van der Waals surface area contributed by atoms with Gasteiger partial charge in [0.15, 0.2) is 5.60 Å². The van der Waals surface area contributed by atoms with Crippen LogP contribution in [0.5, 0.6) is 5.75 Å². The minimum absolute atomic E-state index is 0.0176. The van der Waals surface area contributed by atoms with E-state index in [0.717, 1.165) is 37.8 Å². The smallest absolute Gasteiger partial charge is 0.409 e. The van der Waals surface area contributed by atoms with E-state index in [1.165, 1.54) is 4.57 Å². The first-order valence-corrected chi connectivity index (χ1v) is 12.7. The first kappa shape index (κ1) is 18.7. The molecule has 1 spiro atoms.